The van der Waals surface area contributed by atoms with Gasteiger partial charge in [0.05, 0.1) is 12.7 Å². The first-order chi connectivity index (χ1) is 8.80. The number of nitrogen functional groups attached to an aromatic ring is 1. The highest BCUT2D eigenvalue weighted by atomic mass is 16.5. The third-order valence-corrected chi connectivity index (χ3v) is 2.43. The first-order valence-electron chi connectivity index (χ1n) is 5.16. The summed E-state index contributed by atoms with van der Waals surface area (Å²) in [6.07, 6.45) is 3.10. The number of rotatable bonds is 3. The molecule has 0 spiro atoms. The van der Waals surface area contributed by atoms with Crippen LogP contribution < -0.4 is 16.0 Å². The molecule has 0 fully saturated rings. The molecule has 3 N–H and O–H groups in total. The molecule has 2 aromatic rings. The van der Waals surface area contributed by atoms with Gasteiger partial charge in [-0.15, -0.1) is 0 Å². The van der Waals surface area contributed by atoms with Crippen molar-refractivity contribution in [3.05, 3.63) is 36.2 Å². The summed E-state index contributed by atoms with van der Waals surface area (Å²) in [5, 5.41) is 9.04. The highest BCUT2D eigenvalue weighted by Gasteiger charge is 2.10. The van der Waals surface area contributed by atoms with Crippen LogP contribution in [0.15, 0.2) is 30.6 Å². The zero-order chi connectivity index (χ0) is 13.0. The second-order valence-corrected chi connectivity index (χ2v) is 3.42. The van der Waals surface area contributed by atoms with Gasteiger partial charge < -0.3 is 10.2 Å². The number of hydrogen-bond donors (Lipinski definition) is 2. The van der Waals surface area contributed by atoms with Gasteiger partial charge in [0.15, 0.2) is 5.82 Å². The molecule has 1 heterocycles. The van der Waals surface area contributed by atoms with Crippen molar-refractivity contribution in [1.82, 2.24) is 9.97 Å². The average molecular weight is 241 g/mol. The number of nitrogens with zero attached hydrogens (tertiary/aromatic N) is 3. The summed E-state index contributed by atoms with van der Waals surface area (Å²) < 4.78 is 5.08. The number of benzene rings is 1. The SMILES string of the molecule is COc1ccc(-c2nccnc2NN)cc1C#N. The number of hydrogen-bond acceptors (Lipinski definition) is 6. The van der Waals surface area contributed by atoms with Crippen LogP contribution in [0.5, 0.6) is 5.75 Å². The third-order valence-electron chi connectivity index (χ3n) is 2.43. The fourth-order valence-corrected chi connectivity index (χ4v) is 1.60. The maximum absolute atomic E-state index is 9.04. The second-order valence-electron chi connectivity index (χ2n) is 3.42. The smallest absolute Gasteiger partial charge is 0.166 e. The van der Waals surface area contributed by atoms with Crippen LogP contribution in [0.25, 0.3) is 11.3 Å². The van der Waals surface area contributed by atoms with Gasteiger partial charge in [-0.2, -0.15) is 5.26 Å². The van der Waals surface area contributed by atoms with Crippen molar-refractivity contribution in [3.63, 3.8) is 0 Å². The summed E-state index contributed by atoms with van der Waals surface area (Å²) in [5.74, 6) is 6.34. The number of methoxy groups -OCH3 is 1. The molecule has 0 aliphatic carbocycles. The van der Waals surface area contributed by atoms with Crippen LogP contribution in [-0.4, -0.2) is 17.1 Å². The second kappa shape index (κ2) is 5.12. The van der Waals surface area contributed by atoms with Crippen LogP contribution in [-0.2, 0) is 0 Å². The lowest BCUT2D eigenvalue weighted by Crippen LogP contribution is -2.10. The predicted molar refractivity (Wildman–Crippen MR) is 66.5 cm³/mol. The van der Waals surface area contributed by atoms with Gasteiger partial charge in [0, 0.05) is 18.0 Å². The minimum Gasteiger partial charge on any atom is -0.495 e. The van der Waals surface area contributed by atoms with E-state index < -0.39 is 0 Å². The lowest BCUT2D eigenvalue weighted by atomic mass is 10.1. The Hall–Kier alpha value is -2.65. The molecule has 0 aliphatic heterocycles. The summed E-state index contributed by atoms with van der Waals surface area (Å²) in [6.45, 7) is 0. The summed E-state index contributed by atoms with van der Waals surface area (Å²) >= 11 is 0. The molecule has 0 amide bonds. The summed E-state index contributed by atoms with van der Waals surface area (Å²) in [4.78, 5) is 8.25. The molecule has 6 heteroatoms. The van der Waals surface area contributed by atoms with Crippen molar-refractivity contribution in [3.8, 4) is 23.1 Å². The molecule has 0 bridgehead atoms. The predicted octanol–water partition coefficient (Wildman–Crippen LogP) is 1.31. The molecule has 0 atom stereocenters. The number of nitrogens with two attached hydrogens (primary N) is 1. The maximum Gasteiger partial charge on any atom is 0.166 e. The molecule has 0 radical (unpaired) electrons. The van der Waals surface area contributed by atoms with Gasteiger partial charge in [-0.1, -0.05) is 0 Å². The van der Waals surface area contributed by atoms with Crippen molar-refractivity contribution in [1.29, 1.82) is 5.26 Å². The molecule has 1 aromatic heterocycles. The molecule has 90 valence electrons. The van der Waals surface area contributed by atoms with E-state index in [0.29, 0.717) is 22.8 Å². The molecule has 2 rings (SSSR count). The maximum atomic E-state index is 9.04. The fourth-order valence-electron chi connectivity index (χ4n) is 1.60. The van der Waals surface area contributed by atoms with E-state index in [9.17, 15) is 0 Å². The molecule has 0 saturated carbocycles. The van der Waals surface area contributed by atoms with E-state index in [1.807, 2.05) is 0 Å². The highest BCUT2D eigenvalue weighted by Crippen LogP contribution is 2.27. The molecular weight excluding hydrogens is 230 g/mol. The monoisotopic (exact) mass is 241 g/mol. The number of ether oxygens (including phenoxy) is 1. The Labute approximate surface area is 104 Å². The van der Waals surface area contributed by atoms with Crippen LogP contribution in [0, 0.1) is 11.3 Å². The van der Waals surface area contributed by atoms with Crippen LogP contribution >= 0.6 is 0 Å². The quantitative estimate of drug-likeness (QED) is 0.621. The summed E-state index contributed by atoms with van der Waals surface area (Å²) in [6, 6.07) is 7.26. The number of nitriles is 1. The molecule has 0 saturated heterocycles. The lowest BCUT2D eigenvalue weighted by Gasteiger charge is -2.08. The normalized spacial score (nSPS) is 9.61. The minimum atomic E-state index is 0.434. The summed E-state index contributed by atoms with van der Waals surface area (Å²) in [5.41, 5.74) is 4.23. The molecule has 0 unspecified atom stereocenters. The topological polar surface area (TPSA) is 96.8 Å². The summed E-state index contributed by atoms with van der Waals surface area (Å²) in [7, 11) is 1.52. The highest BCUT2D eigenvalue weighted by molar-refractivity contribution is 5.72. The zero-order valence-electron chi connectivity index (χ0n) is 9.71. The van der Waals surface area contributed by atoms with Gasteiger partial charge in [-0.25, -0.2) is 10.8 Å². The van der Waals surface area contributed by atoms with Crippen LogP contribution in [0.2, 0.25) is 0 Å². The Morgan fingerprint density at radius 3 is 2.78 bits per heavy atom. The first kappa shape index (κ1) is 11.8. The van der Waals surface area contributed by atoms with E-state index in [2.05, 4.69) is 21.5 Å². The molecule has 0 aliphatic rings. The van der Waals surface area contributed by atoms with Crippen LogP contribution in [0.1, 0.15) is 5.56 Å². The number of anilines is 1. The lowest BCUT2D eigenvalue weighted by molar-refractivity contribution is 0.413. The van der Waals surface area contributed by atoms with Gasteiger partial charge in [0.25, 0.3) is 0 Å². The fraction of sp³-hybridized carbons (Fsp3) is 0.0833. The Kier molecular flexibility index (Phi) is 3.36. The van der Waals surface area contributed by atoms with E-state index in [4.69, 9.17) is 15.8 Å². The molecule has 6 nitrogen and oxygen atoms in total. The zero-order valence-corrected chi connectivity index (χ0v) is 9.71. The number of aromatic nitrogens is 2. The van der Waals surface area contributed by atoms with Gasteiger partial charge in [-0.05, 0) is 18.2 Å². The minimum absolute atomic E-state index is 0.434. The van der Waals surface area contributed by atoms with E-state index >= 15 is 0 Å². The van der Waals surface area contributed by atoms with Gasteiger partial charge in [0.1, 0.15) is 17.5 Å². The average Bonchev–Trinajstić information content (AvgIpc) is 2.46. The standard InChI is InChI=1S/C12H11N5O/c1-18-10-3-2-8(6-9(10)7-13)11-12(17-14)16-5-4-15-11/h2-6H,14H2,1H3,(H,16,17). The molecular formula is C12H11N5O. The third kappa shape index (κ3) is 2.07. The molecule has 1 aromatic carbocycles. The van der Waals surface area contributed by atoms with Gasteiger partial charge in [0.2, 0.25) is 0 Å². The number of hydrazine groups is 1. The Morgan fingerprint density at radius 1 is 1.33 bits per heavy atom. The largest absolute Gasteiger partial charge is 0.495 e. The number of nitrogens with one attached hydrogen (secondary N) is 1. The van der Waals surface area contributed by atoms with E-state index in [0.717, 1.165) is 5.56 Å². The van der Waals surface area contributed by atoms with Crippen LogP contribution in [0.3, 0.4) is 0 Å². The van der Waals surface area contributed by atoms with Crippen molar-refractivity contribution < 1.29 is 4.74 Å². The van der Waals surface area contributed by atoms with Crippen molar-refractivity contribution in [2.75, 3.05) is 12.5 Å². The van der Waals surface area contributed by atoms with Crippen molar-refractivity contribution >= 4 is 5.82 Å². The Bertz CT molecular complexity index is 606. The van der Waals surface area contributed by atoms with Crippen molar-refractivity contribution in [2.45, 2.75) is 0 Å². The first-order valence-corrected chi connectivity index (χ1v) is 5.16. The van der Waals surface area contributed by atoms with E-state index in [1.165, 1.54) is 13.3 Å². The molecule has 18 heavy (non-hydrogen) atoms. The Morgan fingerprint density at radius 2 is 2.11 bits per heavy atom. The van der Waals surface area contributed by atoms with Crippen molar-refractivity contribution in [2.24, 2.45) is 5.84 Å². The van der Waals surface area contributed by atoms with E-state index in [-0.39, 0.29) is 0 Å². The van der Waals surface area contributed by atoms with Gasteiger partial charge in [-0.3, -0.25) is 4.98 Å². The van der Waals surface area contributed by atoms with E-state index in [1.54, 1.807) is 24.4 Å². The Balaban J connectivity index is 2.55. The van der Waals surface area contributed by atoms with Gasteiger partial charge >= 0.3 is 0 Å². The van der Waals surface area contributed by atoms with Crippen LogP contribution in [0.4, 0.5) is 5.82 Å².